The fourth-order valence-corrected chi connectivity index (χ4v) is 5.69. The minimum atomic E-state index is -0.652. The summed E-state index contributed by atoms with van der Waals surface area (Å²) in [5, 5.41) is 15.6. The molecule has 9 nitrogen and oxygen atoms in total. The largest absolute Gasteiger partial charge is 0.489 e. The van der Waals surface area contributed by atoms with Gasteiger partial charge in [0.05, 0.1) is 12.2 Å². The highest BCUT2D eigenvalue weighted by atomic mass is 35.5. The maximum absolute atomic E-state index is 14.1. The van der Waals surface area contributed by atoms with E-state index >= 15 is 0 Å². The highest BCUT2D eigenvalue weighted by Crippen LogP contribution is 2.35. The molecule has 10 heteroatoms. The molecule has 236 valence electrons. The van der Waals surface area contributed by atoms with Crippen molar-refractivity contribution in [1.29, 1.82) is 5.26 Å². The number of aromatic nitrogens is 2. The standard InChI is InChI=1S/C38H27ClN4O5/c1-24-32(37(44)42(38(45)33(24)19-40)20-26-12-15-34-35(16-26)48-23-47-34)18-28-21-43(30-7-3-2-4-8-30)41-36(28)27-6-5-9-31(17-27)46-22-25-10-13-29(39)14-11-25/h2-18,21H,20,22-23H2,1H3/b32-18+. The van der Waals surface area contributed by atoms with Crippen LogP contribution in [0.2, 0.25) is 5.02 Å². The summed E-state index contributed by atoms with van der Waals surface area (Å²) in [5.41, 5.74) is 4.81. The van der Waals surface area contributed by atoms with E-state index in [0.717, 1.165) is 21.7 Å². The van der Waals surface area contributed by atoms with Crippen LogP contribution in [0.15, 0.2) is 120 Å². The number of ether oxygens (including phenoxy) is 3. The van der Waals surface area contributed by atoms with E-state index in [2.05, 4.69) is 0 Å². The van der Waals surface area contributed by atoms with Gasteiger partial charge >= 0.3 is 0 Å². The number of hydrogen-bond acceptors (Lipinski definition) is 7. The van der Waals surface area contributed by atoms with Crippen molar-refractivity contribution in [3.05, 3.63) is 142 Å². The van der Waals surface area contributed by atoms with Gasteiger partial charge < -0.3 is 14.2 Å². The molecule has 0 saturated heterocycles. The zero-order chi connectivity index (χ0) is 33.2. The molecule has 0 atom stereocenters. The van der Waals surface area contributed by atoms with Crippen LogP contribution in [0.5, 0.6) is 17.2 Å². The summed E-state index contributed by atoms with van der Waals surface area (Å²) in [5.74, 6) is 0.580. The molecular weight excluding hydrogens is 628 g/mol. The third kappa shape index (κ3) is 6.05. The highest BCUT2D eigenvalue weighted by Gasteiger charge is 2.36. The van der Waals surface area contributed by atoms with E-state index in [-0.39, 0.29) is 24.5 Å². The highest BCUT2D eigenvalue weighted by molar-refractivity contribution is 6.30. The van der Waals surface area contributed by atoms with Gasteiger partial charge in [0.25, 0.3) is 11.8 Å². The lowest BCUT2D eigenvalue weighted by atomic mass is 9.93. The second kappa shape index (κ2) is 12.9. The van der Waals surface area contributed by atoms with Crippen LogP contribution < -0.4 is 14.2 Å². The van der Waals surface area contributed by atoms with Gasteiger partial charge in [0, 0.05) is 27.9 Å². The van der Waals surface area contributed by atoms with Gasteiger partial charge in [-0.05, 0) is 78.2 Å². The van der Waals surface area contributed by atoms with E-state index in [1.807, 2.05) is 91.1 Å². The first-order valence-corrected chi connectivity index (χ1v) is 15.5. The van der Waals surface area contributed by atoms with Crippen LogP contribution in [0.3, 0.4) is 0 Å². The number of rotatable bonds is 8. The van der Waals surface area contributed by atoms with Crippen molar-refractivity contribution in [1.82, 2.24) is 14.7 Å². The van der Waals surface area contributed by atoms with Crippen molar-refractivity contribution < 1.29 is 23.8 Å². The van der Waals surface area contributed by atoms with E-state index in [1.165, 1.54) is 0 Å². The number of imide groups is 1. The Hall–Kier alpha value is -6.11. The van der Waals surface area contributed by atoms with Gasteiger partial charge in [-0.15, -0.1) is 0 Å². The molecule has 0 saturated carbocycles. The van der Waals surface area contributed by atoms with Crippen LogP contribution in [0, 0.1) is 11.3 Å². The van der Waals surface area contributed by atoms with Crippen molar-refractivity contribution in [3.63, 3.8) is 0 Å². The zero-order valence-electron chi connectivity index (χ0n) is 25.7. The van der Waals surface area contributed by atoms with Crippen LogP contribution in [0.1, 0.15) is 23.6 Å². The number of nitriles is 1. The first-order valence-electron chi connectivity index (χ1n) is 15.1. The molecule has 4 aromatic carbocycles. The predicted molar refractivity (Wildman–Crippen MR) is 179 cm³/mol. The Kier molecular flexibility index (Phi) is 8.24. The van der Waals surface area contributed by atoms with Crippen molar-refractivity contribution in [2.45, 2.75) is 20.1 Å². The monoisotopic (exact) mass is 654 g/mol. The third-order valence-corrected chi connectivity index (χ3v) is 8.34. The molecule has 1 aromatic heterocycles. The van der Waals surface area contributed by atoms with Gasteiger partial charge in [-0.25, -0.2) is 4.68 Å². The van der Waals surface area contributed by atoms with Gasteiger partial charge in [0.1, 0.15) is 29.7 Å². The van der Waals surface area contributed by atoms with Crippen LogP contribution in [0.25, 0.3) is 23.0 Å². The molecule has 0 spiro atoms. The van der Waals surface area contributed by atoms with Crippen LogP contribution in [0.4, 0.5) is 0 Å². The molecule has 2 aliphatic heterocycles. The number of benzene rings is 4. The van der Waals surface area contributed by atoms with E-state index < -0.39 is 11.8 Å². The Labute approximate surface area is 281 Å². The van der Waals surface area contributed by atoms with Gasteiger partial charge in [0.15, 0.2) is 11.5 Å². The topological polar surface area (TPSA) is 107 Å². The lowest BCUT2D eigenvalue weighted by Crippen LogP contribution is -2.42. The smallest absolute Gasteiger partial charge is 0.271 e. The molecule has 5 aromatic rings. The first-order chi connectivity index (χ1) is 23.4. The number of carbonyl (C=O) groups excluding carboxylic acids is 2. The summed E-state index contributed by atoms with van der Waals surface area (Å²) in [6.45, 7) is 2.01. The summed E-state index contributed by atoms with van der Waals surface area (Å²) >= 11 is 6.03. The molecule has 0 radical (unpaired) electrons. The molecular formula is C38H27ClN4O5. The molecule has 0 unspecified atom stereocenters. The molecule has 0 N–H and O–H groups in total. The summed E-state index contributed by atoms with van der Waals surface area (Å²) < 4.78 is 18.7. The minimum absolute atomic E-state index is 0.0484. The SMILES string of the molecule is CC1=C(C#N)C(=O)N(Cc2ccc3c(c2)OCO3)C(=O)/C1=C/c1cn(-c2ccccc2)nc1-c1cccc(OCc2ccc(Cl)cc2)c1. The average molecular weight is 655 g/mol. The van der Waals surface area contributed by atoms with E-state index in [1.54, 1.807) is 35.9 Å². The number of hydrogen-bond donors (Lipinski definition) is 0. The maximum Gasteiger partial charge on any atom is 0.271 e. The Morgan fingerprint density at radius 1 is 0.917 bits per heavy atom. The molecule has 2 aliphatic rings. The Balaban J connectivity index is 1.27. The van der Waals surface area contributed by atoms with E-state index in [0.29, 0.717) is 51.3 Å². The number of carbonyl (C=O) groups is 2. The molecule has 0 aliphatic carbocycles. The van der Waals surface area contributed by atoms with Crippen molar-refractivity contribution in [2.75, 3.05) is 6.79 Å². The number of halogens is 1. The normalized spacial score (nSPS) is 14.9. The van der Waals surface area contributed by atoms with Gasteiger partial charge in [-0.2, -0.15) is 10.4 Å². The first kappa shape index (κ1) is 30.5. The van der Waals surface area contributed by atoms with Gasteiger partial charge in [0.2, 0.25) is 6.79 Å². The third-order valence-electron chi connectivity index (χ3n) is 8.09. The van der Waals surface area contributed by atoms with E-state index in [4.69, 9.17) is 30.9 Å². The minimum Gasteiger partial charge on any atom is -0.489 e. The lowest BCUT2D eigenvalue weighted by molar-refractivity contribution is -0.141. The molecule has 3 heterocycles. The Morgan fingerprint density at radius 3 is 2.48 bits per heavy atom. The molecule has 48 heavy (non-hydrogen) atoms. The van der Waals surface area contributed by atoms with Crippen molar-refractivity contribution >= 4 is 29.5 Å². The Bertz CT molecular complexity index is 2160. The second-order valence-electron chi connectivity index (χ2n) is 11.2. The fourth-order valence-electron chi connectivity index (χ4n) is 5.56. The number of nitrogens with zero attached hydrogens (tertiary/aromatic N) is 4. The van der Waals surface area contributed by atoms with Crippen LogP contribution in [-0.2, 0) is 22.7 Å². The summed E-state index contributed by atoms with van der Waals surface area (Å²) in [6, 6.07) is 31.8. The lowest BCUT2D eigenvalue weighted by Gasteiger charge is -2.27. The molecule has 2 amide bonds. The molecule has 0 bridgehead atoms. The summed E-state index contributed by atoms with van der Waals surface area (Å²) in [6.07, 6.45) is 3.52. The molecule has 0 fully saturated rings. The number of amides is 2. The van der Waals surface area contributed by atoms with Crippen LogP contribution in [-0.4, -0.2) is 33.3 Å². The maximum atomic E-state index is 14.1. The zero-order valence-corrected chi connectivity index (χ0v) is 26.5. The van der Waals surface area contributed by atoms with Crippen molar-refractivity contribution in [3.8, 4) is 40.3 Å². The van der Waals surface area contributed by atoms with Gasteiger partial charge in [-0.1, -0.05) is 60.1 Å². The van der Waals surface area contributed by atoms with E-state index in [9.17, 15) is 14.9 Å². The average Bonchev–Trinajstić information content (AvgIpc) is 3.76. The Morgan fingerprint density at radius 2 is 1.69 bits per heavy atom. The number of fused-ring (bicyclic) bond motifs is 1. The van der Waals surface area contributed by atoms with Gasteiger partial charge in [-0.3, -0.25) is 14.5 Å². The quantitative estimate of drug-likeness (QED) is 0.128. The predicted octanol–water partition coefficient (Wildman–Crippen LogP) is 7.29. The second-order valence-corrected chi connectivity index (χ2v) is 11.6. The number of para-hydroxylation sites is 1. The molecule has 7 rings (SSSR count). The summed E-state index contributed by atoms with van der Waals surface area (Å²) in [4.78, 5) is 28.6. The fraction of sp³-hybridized carbons (Fsp3) is 0.105. The van der Waals surface area contributed by atoms with Crippen molar-refractivity contribution in [2.24, 2.45) is 0 Å². The summed E-state index contributed by atoms with van der Waals surface area (Å²) in [7, 11) is 0. The van der Waals surface area contributed by atoms with Crippen LogP contribution >= 0.6 is 11.6 Å².